The quantitative estimate of drug-likeness (QED) is 0.459. The van der Waals surface area contributed by atoms with Crippen LogP contribution in [-0.4, -0.2) is 24.8 Å². The van der Waals surface area contributed by atoms with E-state index in [4.69, 9.17) is 4.74 Å². The lowest BCUT2D eigenvalue weighted by atomic mass is 10.1. The van der Waals surface area contributed by atoms with Crippen LogP contribution in [0.5, 0.6) is 5.75 Å². The summed E-state index contributed by atoms with van der Waals surface area (Å²) in [5.74, 6) is 0.717. The molecule has 1 aromatic rings. The smallest absolute Gasteiger partial charge is 0.268 e. The van der Waals surface area contributed by atoms with Crippen LogP contribution in [0, 0.1) is 0 Å². The van der Waals surface area contributed by atoms with Crippen molar-refractivity contribution in [3.8, 4) is 5.75 Å². The number of hydrogen-bond acceptors (Lipinski definition) is 3. The lowest BCUT2D eigenvalue weighted by Gasteiger charge is -2.34. The molecule has 0 bridgehead atoms. The minimum atomic E-state index is -0.413. The minimum Gasteiger partial charge on any atom is -0.478 e. The van der Waals surface area contributed by atoms with E-state index in [1.807, 2.05) is 11.8 Å². The minimum absolute atomic E-state index is 0.0130. The number of carbonyl (C=O) groups is 2. The first kappa shape index (κ1) is 18.5. The van der Waals surface area contributed by atoms with Crippen LogP contribution in [0.1, 0.15) is 75.6 Å². The van der Waals surface area contributed by atoms with E-state index >= 15 is 0 Å². The Morgan fingerprint density at radius 2 is 1.79 bits per heavy atom. The molecule has 1 amide bonds. The molecule has 0 saturated carbocycles. The number of aldehydes is 1. The number of unbranched alkanes of at least 4 members (excludes halogenated alkanes) is 6. The van der Waals surface area contributed by atoms with Gasteiger partial charge < -0.3 is 9.64 Å². The summed E-state index contributed by atoms with van der Waals surface area (Å²) < 4.78 is 5.79. The van der Waals surface area contributed by atoms with Crippen LogP contribution in [0.15, 0.2) is 18.2 Å². The van der Waals surface area contributed by atoms with Crippen LogP contribution in [0.4, 0.5) is 5.69 Å². The second-order valence-corrected chi connectivity index (χ2v) is 6.47. The number of nitrogens with zero attached hydrogens (tertiary/aromatic N) is 1. The fourth-order valence-electron chi connectivity index (χ4n) is 3.13. The van der Waals surface area contributed by atoms with Crippen LogP contribution >= 0.6 is 0 Å². The molecule has 24 heavy (non-hydrogen) atoms. The molecular weight excluding hydrogens is 302 g/mol. The Hall–Kier alpha value is -1.84. The molecule has 0 N–H and O–H groups in total. The highest BCUT2D eigenvalue weighted by molar-refractivity contribution is 6.00. The Labute approximate surface area is 145 Å². The van der Waals surface area contributed by atoms with Gasteiger partial charge in [0.05, 0.1) is 5.69 Å². The molecule has 4 nitrogen and oxygen atoms in total. The van der Waals surface area contributed by atoms with Crippen molar-refractivity contribution in [2.45, 2.75) is 71.3 Å². The Kier molecular flexibility index (Phi) is 7.29. The third-order valence-electron chi connectivity index (χ3n) is 4.58. The monoisotopic (exact) mass is 331 g/mol. The van der Waals surface area contributed by atoms with E-state index in [2.05, 4.69) is 6.92 Å². The number of rotatable bonds is 10. The van der Waals surface area contributed by atoms with E-state index in [0.29, 0.717) is 24.3 Å². The van der Waals surface area contributed by atoms with Gasteiger partial charge in [0.15, 0.2) is 6.10 Å². The van der Waals surface area contributed by atoms with Gasteiger partial charge in [0.25, 0.3) is 5.91 Å². The maximum atomic E-state index is 12.6. The zero-order valence-corrected chi connectivity index (χ0v) is 14.9. The first-order chi connectivity index (χ1) is 11.7. The SMILES string of the molecule is CCCCCCCCCN1C(=O)C(CC)Oc2ccc(C=O)cc21. The fourth-order valence-corrected chi connectivity index (χ4v) is 3.13. The van der Waals surface area contributed by atoms with Crippen molar-refractivity contribution in [3.05, 3.63) is 23.8 Å². The van der Waals surface area contributed by atoms with Gasteiger partial charge in [0, 0.05) is 12.1 Å². The third kappa shape index (κ3) is 4.59. The summed E-state index contributed by atoms with van der Waals surface area (Å²) in [4.78, 5) is 25.5. The molecule has 1 aliphatic heterocycles. The largest absolute Gasteiger partial charge is 0.478 e. The van der Waals surface area contributed by atoms with Gasteiger partial charge in [-0.15, -0.1) is 0 Å². The molecule has 4 heteroatoms. The van der Waals surface area contributed by atoms with E-state index in [-0.39, 0.29) is 5.91 Å². The molecule has 0 spiro atoms. The average Bonchev–Trinajstić information content (AvgIpc) is 2.61. The topological polar surface area (TPSA) is 46.6 Å². The normalized spacial score (nSPS) is 16.7. The molecule has 132 valence electrons. The van der Waals surface area contributed by atoms with Crippen molar-refractivity contribution in [1.29, 1.82) is 0 Å². The zero-order chi connectivity index (χ0) is 17.4. The number of anilines is 1. The zero-order valence-electron chi connectivity index (χ0n) is 14.9. The molecule has 0 saturated heterocycles. The number of hydrogen-bond donors (Lipinski definition) is 0. The predicted octanol–water partition coefficient (Wildman–Crippen LogP) is 4.75. The molecule has 0 aliphatic carbocycles. The number of carbonyl (C=O) groups excluding carboxylic acids is 2. The van der Waals surface area contributed by atoms with Crippen LogP contribution in [-0.2, 0) is 4.79 Å². The van der Waals surface area contributed by atoms with Crippen molar-refractivity contribution in [1.82, 2.24) is 0 Å². The second kappa shape index (κ2) is 9.45. The summed E-state index contributed by atoms with van der Waals surface area (Å²) in [6.07, 6.45) is 9.53. The molecule has 0 fully saturated rings. The van der Waals surface area contributed by atoms with E-state index in [1.165, 1.54) is 32.1 Å². The van der Waals surface area contributed by atoms with Gasteiger partial charge >= 0.3 is 0 Å². The summed E-state index contributed by atoms with van der Waals surface area (Å²) >= 11 is 0. The highest BCUT2D eigenvalue weighted by Crippen LogP contribution is 2.35. The van der Waals surface area contributed by atoms with E-state index in [9.17, 15) is 9.59 Å². The van der Waals surface area contributed by atoms with Gasteiger partial charge in [-0.05, 0) is 31.0 Å². The van der Waals surface area contributed by atoms with Gasteiger partial charge in [-0.2, -0.15) is 0 Å². The third-order valence-corrected chi connectivity index (χ3v) is 4.58. The number of fused-ring (bicyclic) bond motifs is 1. The highest BCUT2D eigenvalue weighted by Gasteiger charge is 2.32. The maximum absolute atomic E-state index is 12.6. The first-order valence-corrected chi connectivity index (χ1v) is 9.28. The summed E-state index contributed by atoms with van der Waals surface area (Å²) in [6, 6.07) is 5.29. The summed E-state index contributed by atoms with van der Waals surface area (Å²) in [6.45, 7) is 4.88. The number of benzene rings is 1. The lowest BCUT2D eigenvalue weighted by Crippen LogP contribution is -2.46. The molecule has 1 heterocycles. The van der Waals surface area contributed by atoms with Crippen molar-refractivity contribution in [2.75, 3.05) is 11.4 Å². The summed E-state index contributed by atoms with van der Waals surface area (Å²) in [7, 11) is 0. The van der Waals surface area contributed by atoms with Crippen LogP contribution < -0.4 is 9.64 Å². The van der Waals surface area contributed by atoms with Gasteiger partial charge in [0.1, 0.15) is 12.0 Å². The van der Waals surface area contributed by atoms with Gasteiger partial charge in [-0.3, -0.25) is 9.59 Å². The highest BCUT2D eigenvalue weighted by atomic mass is 16.5. The van der Waals surface area contributed by atoms with Gasteiger partial charge in [-0.25, -0.2) is 0 Å². The molecule has 1 atom stereocenters. The summed E-state index contributed by atoms with van der Waals surface area (Å²) in [5, 5.41) is 0. The number of amides is 1. The molecular formula is C20H29NO3. The average molecular weight is 331 g/mol. The fraction of sp³-hybridized carbons (Fsp3) is 0.600. The molecule has 0 radical (unpaired) electrons. The maximum Gasteiger partial charge on any atom is 0.268 e. The second-order valence-electron chi connectivity index (χ2n) is 6.47. The van der Waals surface area contributed by atoms with E-state index in [0.717, 1.165) is 24.8 Å². The molecule has 2 rings (SSSR count). The van der Waals surface area contributed by atoms with Crippen molar-refractivity contribution >= 4 is 17.9 Å². The van der Waals surface area contributed by atoms with Crippen LogP contribution in [0.2, 0.25) is 0 Å². The van der Waals surface area contributed by atoms with E-state index in [1.54, 1.807) is 18.2 Å². The van der Waals surface area contributed by atoms with Crippen molar-refractivity contribution in [2.24, 2.45) is 0 Å². The Bertz CT molecular complexity index is 556. The van der Waals surface area contributed by atoms with Crippen molar-refractivity contribution in [3.63, 3.8) is 0 Å². The standard InChI is InChI=1S/C20H29NO3/c1-3-5-6-7-8-9-10-13-21-17-14-16(15-22)11-12-19(17)24-18(4-2)20(21)23/h11-12,14-15,18H,3-10,13H2,1-2H3. The summed E-state index contributed by atoms with van der Waals surface area (Å²) in [5.41, 5.74) is 1.31. The Balaban J connectivity index is 1.99. The predicted molar refractivity (Wildman–Crippen MR) is 96.9 cm³/mol. The first-order valence-electron chi connectivity index (χ1n) is 9.28. The Morgan fingerprint density at radius 1 is 1.08 bits per heavy atom. The van der Waals surface area contributed by atoms with Crippen LogP contribution in [0.3, 0.4) is 0 Å². The molecule has 1 aromatic carbocycles. The molecule has 1 aliphatic rings. The number of ether oxygens (including phenoxy) is 1. The van der Waals surface area contributed by atoms with E-state index < -0.39 is 6.10 Å². The van der Waals surface area contributed by atoms with Crippen molar-refractivity contribution < 1.29 is 14.3 Å². The molecule has 1 unspecified atom stereocenters. The Morgan fingerprint density at radius 3 is 2.46 bits per heavy atom. The van der Waals surface area contributed by atoms with Crippen LogP contribution in [0.25, 0.3) is 0 Å². The van der Waals surface area contributed by atoms with Gasteiger partial charge in [-0.1, -0.05) is 52.4 Å². The van der Waals surface area contributed by atoms with Gasteiger partial charge in [0.2, 0.25) is 0 Å². The lowest BCUT2D eigenvalue weighted by molar-refractivity contribution is -0.126. The molecule has 0 aromatic heterocycles.